The summed E-state index contributed by atoms with van der Waals surface area (Å²) < 4.78 is 13.8. The van der Waals surface area contributed by atoms with Crippen molar-refractivity contribution in [3.63, 3.8) is 0 Å². The number of hydrogen-bond acceptors (Lipinski definition) is 2. The number of carbonyl (C=O) groups is 1. The molecular weight excluding hydrogens is 259 g/mol. The number of rotatable bonds is 2. The predicted octanol–water partition coefficient (Wildman–Crippen LogP) is 3.55. The quantitative estimate of drug-likeness (QED) is 0.874. The van der Waals surface area contributed by atoms with E-state index in [2.05, 4.69) is 0 Å². The lowest BCUT2D eigenvalue weighted by molar-refractivity contribution is 0.0696. The van der Waals surface area contributed by atoms with Gasteiger partial charge in [0.1, 0.15) is 11.6 Å². The highest BCUT2D eigenvalue weighted by Gasteiger charge is 2.12. The van der Waals surface area contributed by atoms with Gasteiger partial charge in [0.05, 0.1) is 5.56 Å². The van der Waals surface area contributed by atoms with Crippen LogP contribution >= 0.6 is 11.6 Å². The first-order chi connectivity index (χ1) is 8.49. The molecule has 18 heavy (non-hydrogen) atoms. The molecule has 0 aliphatic rings. The van der Waals surface area contributed by atoms with E-state index in [9.17, 15) is 14.3 Å². The molecule has 0 aliphatic carbocycles. The molecule has 0 fully saturated rings. The first-order valence-corrected chi connectivity index (χ1v) is 5.38. The molecule has 0 radical (unpaired) electrons. The lowest BCUT2D eigenvalue weighted by atomic mass is 10.0. The predicted molar refractivity (Wildman–Crippen MR) is 65.5 cm³/mol. The van der Waals surface area contributed by atoms with Crippen LogP contribution in [0.15, 0.2) is 36.4 Å². The van der Waals surface area contributed by atoms with Gasteiger partial charge in [-0.1, -0.05) is 17.7 Å². The van der Waals surface area contributed by atoms with E-state index in [4.69, 9.17) is 16.7 Å². The third-order valence-electron chi connectivity index (χ3n) is 2.46. The first-order valence-electron chi connectivity index (χ1n) is 5.01. The summed E-state index contributed by atoms with van der Waals surface area (Å²) in [5.41, 5.74) is 0.305. The standard InChI is InChI=1S/C13H8ClFO3/c14-11-4-2-8(16)6-10(11)9-3-1-7(13(17)18)5-12(9)15/h1-6,16H,(H,17,18). The van der Waals surface area contributed by atoms with Crippen molar-refractivity contribution in [1.29, 1.82) is 0 Å². The van der Waals surface area contributed by atoms with Crippen molar-refractivity contribution in [2.45, 2.75) is 0 Å². The van der Waals surface area contributed by atoms with Crippen LogP contribution in [0.1, 0.15) is 10.4 Å². The minimum absolute atomic E-state index is 0.0453. The molecule has 3 nitrogen and oxygen atoms in total. The Balaban J connectivity index is 2.58. The fraction of sp³-hybridized carbons (Fsp3) is 0. The molecule has 5 heteroatoms. The second kappa shape index (κ2) is 4.66. The lowest BCUT2D eigenvalue weighted by Crippen LogP contribution is -1.97. The van der Waals surface area contributed by atoms with Crippen molar-refractivity contribution in [3.8, 4) is 16.9 Å². The van der Waals surface area contributed by atoms with Crippen molar-refractivity contribution in [3.05, 3.63) is 52.8 Å². The zero-order valence-corrected chi connectivity index (χ0v) is 9.78. The Labute approximate surface area is 107 Å². The van der Waals surface area contributed by atoms with Crippen LogP contribution in [0, 0.1) is 5.82 Å². The second-order valence-electron chi connectivity index (χ2n) is 3.66. The minimum atomic E-state index is -1.21. The zero-order valence-electron chi connectivity index (χ0n) is 9.02. The largest absolute Gasteiger partial charge is 0.508 e. The van der Waals surface area contributed by atoms with E-state index in [0.717, 1.165) is 6.07 Å². The fourth-order valence-electron chi connectivity index (χ4n) is 1.59. The SMILES string of the molecule is O=C(O)c1ccc(-c2cc(O)ccc2Cl)c(F)c1. The maximum absolute atomic E-state index is 13.8. The Bertz CT molecular complexity index is 626. The molecule has 0 heterocycles. The monoisotopic (exact) mass is 266 g/mol. The molecule has 0 aliphatic heterocycles. The highest BCUT2D eigenvalue weighted by molar-refractivity contribution is 6.33. The Morgan fingerprint density at radius 1 is 1.11 bits per heavy atom. The molecule has 0 saturated carbocycles. The number of aromatic hydroxyl groups is 1. The number of carboxylic acids is 1. The fourth-order valence-corrected chi connectivity index (χ4v) is 1.81. The van der Waals surface area contributed by atoms with Gasteiger partial charge in [-0.2, -0.15) is 0 Å². The molecule has 0 spiro atoms. The van der Waals surface area contributed by atoms with E-state index in [1.807, 2.05) is 0 Å². The lowest BCUT2D eigenvalue weighted by Gasteiger charge is -2.07. The Hall–Kier alpha value is -2.07. The number of aromatic carboxylic acids is 1. The minimum Gasteiger partial charge on any atom is -0.508 e. The van der Waals surface area contributed by atoms with Gasteiger partial charge in [-0.3, -0.25) is 0 Å². The second-order valence-corrected chi connectivity index (χ2v) is 4.07. The van der Waals surface area contributed by atoms with Crippen LogP contribution in [0.4, 0.5) is 4.39 Å². The Morgan fingerprint density at radius 3 is 2.44 bits per heavy atom. The molecule has 2 N–H and O–H groups in total. The maximum Gasteiger partial charge on any atom is 0.335 e. The molecule has 92 valence electrons. The summed E-state index contributed by atoms with van der Waals surface area (Å²) in [6.45, 7) is 0. The van der Waals surface area contributed by atoms with Gasteiger partial charge in [0, 0.05) is 16.1 Å². The van der Waals surface area contributed by atoms with E-state index >= 15 is 0 Å². The van der Waals surface area contributed by atoms with Gasteiger partial charge in [-0.05, 0) is 30.3 Å². The molecule has 0 aromatic heterocycles. The van der Waals surface area contributed by atoms with Gasteiger partial charge in [0.25, 0.3) is 0 Å². The summed E-state index contributed by atoms with van der Waals surface area (Å²) in [7, 11) is 0. The van der Waals surface area contributed by atoms with Crippen LogP contribution in [0.3, 0.4) is 0 Å². The van der Waals surface area contributed by atoms with Crippen LogP contribution in [-0.4, -0.2) is 16.2 Å². The molecule has 2 aromatic rings. The molecule has 0 saturated heterocycles. The van der Waals surface area contributed by atoms with E-state index < -0.39 is 11.8 Å². The van der Waals surface area contributed by atoms with E-state index in [-0.39, 0.29) is 21.9 Å². The van der Waals surface area contributed by atoms with E-state index in [0.29, 0.717) is 5.56 Å². The molecule has 0 unspecified atom stereocenters. The summed E-state index contributed by atoms with van der Waals surface area (Å²) in [6, 6.07) is 7.66. The number of halogens is 2. The van der Waals surface area contributed by atoms with Crippen LogP contribution in [0.2, 0.25) is 5.02 Å². The van der Waals surface area contributed by atoms with Crippen molar-refractivity contribution < 1.29 is 19.4 Å². The average molecular weight is 267 g/mol. The van der Waals surface area contributed by atoms with E-state index in [1.165, 1.54) is 30.3 Å². The van der Waals surface area contributed by atoms with Crippen molar-refractivity contribution >= 4 is 17.6 Å². The van der Waals surface area contributed by atoms with E-state index in [1.54, 1.807) is 0 Å². The smallest absolute Gasteiger partial charge is 0.335 e. The zero-order chi connectivity index (χ0) is 13.3. The molecule has 2 rings (SSSR count). The number of hydrogen-bond donors (Lipinski definition) is 2. The highest BCUT2D eigenvalue weighted by atomic mass is 35.5. The van der Waals surface area contributed by atoms with Crippen molar-refractivity contribution in [2.24, 2.45) is 0 Å². The Kier molecular flexibility index (Phi) is 3.21. The average Bonchev–Trinajstić information content (AvgIpc) is 2.32. The third kappa shape index (κ3) is 2.28. The van der Waals surface area contributed by atoms with Gasteiger partial charge in [-0.25, -0.2) is 9.18 Å². The summed E-state index contributed by atoms with van der Waals surface area (Å²) >= 11 is 5.91. The highest BCUT2D eigenvalue weighted by Crippen LogP contribution is 2.32. The van der Waals surface area contributed by atoms with Crippen LogP contribution in [0.5, 0.6) is 5.75 Å². The van der Waals surface area contributed by atoms with Crippen LogP contribution in [-0.2, 0) is 0 Å². The van der Waals surface area contributed by atoms with Crippen molar-refractivity contribution in [1.82, 2.24) is 0 Å². The molecule has 0 bridgehead atoms. The van der Waals surface area contributed by atoms with Crippen molar-refractivity contribution in [2.75, 3.05) is 0 Å². The summed E-state index contributed by atoms with van der Waals surface area (Å²) in [5.74, 6) is -1.96. The first kappa shape index (κ1) is 12.4. The van der Waals surface area contributed by atoms with Crippen LogP contribution < -0.4 is 0 Å². The number of benzene rings is 2. The third-order valence-corrected chi connectivity index (χ3v) is 2.79. The van der Waals surface area contributed by atoms with Gasteiger partial charge >= 0.3 is 5.97 Å². The number of phenols is 1. The summed E-state index contributed by atoms with van der Waals surface area (Å²) in [6.07, 6.45) is 0. The maximum atomic E-state index is 13.8. The molecule has 0 amide bonds. The van der Waals surface area contributed by atoms with Gasteiger partial charge in [0.15, 0.2) is 0 Å². The molecule has 2 aromatic carbocycles. The number of carboxylic acid groups (broad SMARTS) is 1. The van der Waals surface area contributed by atoms with Crippen LogP contribution in [0.25, 0.3) is 11.1 Å². The topological polar surface area (TPSA) is 57.5 Å². The Morgan fingerprint density at radius 2 is 1.83 bits per heavy atom. The normalized spacial score (nSPS) is 10.3. The summed E-state index contributed by atoms with van der Waals surface area (Å²) in [4.78, 5) is 10.7. The molecule has 0 atom stereocenters. The van der Waals surface area contributed by atoms with Gasteiger partial charge in [0.2, 0.25) is 0 Å². The number of phenolic OH excluding ortho intramolecular Hbond substituents is 1. The van der Waals surface area contributed by atoms with Gasteiger partial charge < -0.3 is 10.2 Å². The summed E-state index contributed by atoms with van der Waals surface area (Å²) in [5, 5.41) is 18.4. The molecular formula is C13H8ClFO3. The van der Waals surface area contributed by atoms with Gasteiger partial charge in [-0.15, -0.1) is 0 Å².